The van der Waals surface area contributed by atoms with Gasteiger partial charge in [0.2, 0.25) is 0 Å². The first-order chi connectivity index (χ1) is 16.9. The summed E-state index contributed by atoms with van der Waals surface area (Å²) in [7, 11) is 0. The number of ether oxygens (including phenoxy) is 1. The van der Waals surface area contributed by atoms with Gasteiger partial charge in [0.25, 0.3) is 5.91 Å². The number of fused-ring (bicyclic) bond motifs is 1. The number of nitrogens with one attached hydrogen (secondary N) is 2. The number of pyridine rings is 1. The zero-order chi connectivity index (χ0) is 24.4. The van der Waals surface area contributed by atoms with Crippen molar-refractivity contribution in [2.24, 2.45) is 0 Å². The predicted octanol–water partition coefficient (Wildman–Crippen LogP) is 3.52. The maximum atomic E-state index is 12.8. The minimum absolute atomic E-state index is 0.0842. The second kappa shape index (κ2) is 9.39. The Bertz CT molecular complexity index is 1350. The van der Waals surface area contributed by atoms with E-state index in [0.29, 0.717) is 30.3 Å². The minimum atomic E-state index is -4.61. The van der Waals surface area contributed by atoms with Crippen LogP contribution in [0.15, 0.2) is 49.1 Å². The predicted molar refractivity (Wildman–Crippen MR) is 120 cm³/mol. The summed E-state index contributed by atoms with van der Waals surface area (Å²) in [6.07, 6.45) is 0.388. The Labute approximate surface area is 197 Å². The second-order valence-corrected chi connectivity index (χ2v) is 8.04. The summed E-state index contributed by atoms with van der Waals surface area (Å²) in [5.74, 6) is -0.739. The van der Waals surface area contributed by atoms with Crippen molar-refractivity contribution in [3.05, 3.63) is 66.0 Å². The molecule has 1 amide bonds. The van der Waals surface area contributed by atoms with Gasteiger partial charge in [-0.25, -0.2) is 9.97 Å². The largest absolute Gasteiger partial charge is 0.434 e. The summed E-state index contributed by atoms with van der Waals surface area (Å²) in [4.78, 5) is 26.4. The highest BCUT2D eigenvalue weighted by atomic mass is 19.4. The van der Waals surface area contributed by atoms with Gasteiger partial charge in [-0.05, 0) is 29.3 Å². The summed E-state index contributed by atoms with van der Waals surface area (Å²) in [6.45, 7) is 3.93. The molecule has 35 heavy (non-hydrogen) atoms. The molecule has 9 nitrogen and oxygen atoms in total. The maximum absolute atomic E-state index is 12.8. The maximum Gasteiger partial charge on any atom is 0.434 e. The van der Waals surface area contributed by atoms with Gasteiger partial charge in [-0.1, -0.05) is 6.07 Å². The van der Waals surface area contributed by atoms with Crippen molar-refractivity contribution < 1.29 is 22.7 Å². The highest BCUT2D eigenvalue weighted by Gasteiger charge is 2.32. The highest BCUT2D eigenvalue weighted by Crippen LogP contribution is 2.28. The Hall–Kier alpha value is -3.90. The molecule has 1 aromatic carbocycles. The number of carbonyl (C=O) groups excluding carboxylic acids is 1. The molecule has 4 heterocycles. The minimum Gasteiger partial charge on any atom is -0.379 e. The second-order valence-electron chi connectivity index (χ2n) is 8.04. The molecule has 0 unspecified atom stereocenters. The first-order valence-electron chi connectivity index (χ1n) is 10.8. The summed E-state index contributed by atoms with van der Waals surface area (Å²) < 4.78 is 43.5. The molecule has 1 aliphatic heterocycles. The zero-order valence-corrected chi connectivity index (χ0v) is 18.3. The standard InChI is InChI=1S/C23H20F3N7O2/c24-23(25,26)19-11-29-20(12-28-19)30-22(34)21-17-8-15(1-2-18(17)31-32-21)16-7-14(9-27-10-16)13-33-3-5-35-6-4-33/h1-2,7-12H,3-6,13H2,(H,31,32)(H,29,30,34). The van der Waals surface area contributed by atoms with Crippen LogP contribution < -0.4 is 5.32 Å². The van der Waals surface area contributed by atoms with E-state index in [1.165, 1.54) is 0 Å². The van der Waals surface area contributed by atoms with E-state index in [4.69, 9.17) is 4.74 Å². The normalized spacial score (nSPS) is 14.8. The van der Waals surface area contributed by atoms with E-state index >= 15 is 0 Å². The lowest BCUT2D eigenvalue weighted by molar-refractivity contribution is -0.141. The van der Waals surface area contributed by atoms with Gasteiger partial charge in [-0.3, -0.25) is 19.8 Å². The lowest BCUT2D eigenvalue weighted by Crippen LogP contribution is -2.35. The smallest absolute Gasteiger partial charge is 0.379 e. The lowest BCUT2D eigenvalue weighted by Gasteiger charge is -2.26. The van der Waals surface area contributed by atoms with Crippen molar-refractivity contribution in [2.75, 3.05) is 31.6 Å². The van der Waals surface area contributed by atoms with Crippen molar-refractivity contribution in [1.29, 1.82) is 0 Å². The Kier molecular flexibility index (Phi) is 6.14. The highest BCUT2D eigenvalue weighted by molar-refractivity contribution is 6.11. The number of anilines is 1. The van der Waals surface area contributed by atoms with Crippen LogP contribution in [0.5, 0.6) is 0 Å². The van der Waals surface area contributed by atoms with Gasteiger partial charge in [0, 0.05) is 43.0 Å². The molecule has 0 aliphatic carbocycles. The molecule has 1 saturated heterocycles. The lowest BCUT2D eigenvalue weighted by atomic mass is 10.0. The summed E-state index contributed by atoms with van der Waals surface area (Å²) in [5, 5.41) is 9.87. The number of aromatic amines is 1. The summed E-state index contributed by atoms with van der Waals surface area (Å²) in [5.41, 5.74) is 2.37. The molecule has 3 aromatic heterocycles. The number of hydrogen-bond acceptors (Lipinski definition) is 7. The fraction of sp³-hybridized carbons (Fsp3) is 0.261. The Balaban J connectivity index is 1.37. The van der Waals surface area contributed by atoms with Crippen molar-refractivity contribution in [3.63, 3.8) is 0 Å². The van der Waals surface area contributed by atoms with Crippen LogP contribution in [0.3, 0.4) is 0 Å². The molecule has 0 bridgehead atoms. The third kappa shape index (κ3) is 5.12. The van der Waals surface area contributed by atoms with E-state index in [9.17, 15) is 18.0 Å². The number of rotatable bonds is 5. The van der Waals surface area contributed by atoms with E-state index in [1.54, 1.807) is 12.3 Å². The monoisotopic (exact) mass is 483 g/mol. The van der Waals surface area contributed by atoms with Gasteiger partial charge in [0.05, 0.1) is 31.1 Å². The molecule has 5 rings (SSSR count). The van der Waals surface area contributed by atoms with Crippen LogP contribution in [0.2, 0.25) is 0 Å². The molecule has 0 saturated carbocycles. The number of carbonyl (C=O) groups is 1. The molecule has 0 spiro atoms. The molecule has 12 heteroatoms. The SMILES string of the molecule is O=C(Nc1cnc(C(F)(F)F)cn1)c1n[nH]c2ccc(-c3cncc(CN4CCOCC4)c3)cc12. The average Bonchev–Trinajstić information content (AvgIpc) is 3.28. The van der Waals surface area contributed by atoms with Crippen LogP contribution in [0.25, 0.3) is 22.0 Å². The summed E-state index contributed by atoms with van der Waals surface area (Å²) in [6, 6.07) is 7.59. The van der Waals surface area contributed by atoms with E-state index in [-0.39, 0.29) is 11.5 Å². The summed E-state index contributed by atoms with van der Waals surface area (Å²) >= 11 is 0. The number of nitrogens with zero attached hydrogens (tertiary/aromatic N) is 5. The van der Waals surface area contributed by atoms with E-state index in [2.05, 4.69) is 41.4 Å². The third-order valence-corrected chi connectivity index (χ3v) is 5.60. The van der Waals surface area contributed by atoms with Gasteiger partial charge >= 0.3 is 6.18 Å². The number of amides is 1. The third-order valence-electron chi connectivity index (χ3n) is 5.60. The number of benzene rings is 1. The number of aromatic nitrogens is 5. The van der Waals surface area contributed by atoms with E-state index in [1.807, 2.05) is 18.3 Å². The first kappa shape index (κ1) is 22.9. The number of morpholine rings is 1. The topological polar surface area (TPSA) is 109 Å². The van der Waals surface area contributed by atoms with Gasteiger partial charge in [0.1, 0.15) is 0 Å². The number of H-pyrrole nitrogens is 1. The van der Waals surface area contributed by atoms with Crippen LogP contribution in [0.1, 0.15) is 21.7 Å². The van der Waals surface area contributed by atoms with Crippen LogP contribution in [-0.4, -0.2) is 62.3 Å². The molecular formula is C23H20F3N7O2. The number of hydrogen-bond donors (Lipinski definition) is 2. The fourth-order valence-corrected chi connectivity index (χ4v) is 3.83. The fourth-order valence-electron chi connectivity index (χ4n) is 3.83. The van der Waals surface area contributed by atoms with Crippen LogP contribution in [0, 0.1) is 0 Å². The van der Waals surface area contributed by atoms with Gasteiger partial charge in [-0.15, -0.1) is 0 Å². The van der Waals surface area contributed by atoms with Gasteiger partial charge < -0.3 is 10.1 Å². The van der Waals surface area contributed by atoms with Crippen molar-refractivity contribution in [1.82, 2.24) is 30.0 Å². The van der Waals surface area contributed by atoms with Crippen LogP contribution in [-0.2, 0) is 17.5 Å². The van der Waals surface area contributed by atoms with E-state index in [0.717, 1.165) is 42.5 Å². The van der Waals surface area contributed by atoms with Crippen LogP contribution >= 0.6 is 0 Å². The van der Waals surface area contributed by atoms with Gasteiger partial charge in [-0.2, -0.15) is 18.3 Å². The molecule has 1 fully saturated rings. The van der Waals surface area contributed by atoms with Crippen molar-refractivity contribution in [2.45, 2.75) is 12.7 Å². The molecule has 4 aromatic rings. The van der Waals surface area contributed by atoms with Crippen LogP contribution in [0.4, 0.5) is 19.0 Å². The van der Waals surface area contributed by atoms with E-state index < -0.39 is 17.8 Å². The quantitative estimate of drug-likeness (QED) is 0.447. The number of alkyl halides is 3. The Morgan fingerprint density at radius 1 is 1.06 bits per heavy atom. The van der Waals surface area contributed by atoms with Gasteiger partial charge in [0.15, 0.2) is 17.2 Å². The average molecular weight is 483 g/mol. The Morgan fingerprint density at radius 3 is 2.63 bits per heavy atom. The molecule has 2 N–H and O–H groups in total. The van der Waals surface area contributed by atoms with Crippen molar-refractivity contribution >= 4 is 22.6 Å². The molecular weight excluding hydrogens is 463 g/mol. The van der Waals surface area contributed by atoms with Crippen molar-refractivity contribution in [3.8, 4) is 11.1 Å². The molecule has 0 atom stereocenters. The first-order valence-corrected chi connectivity index (χ1v) is 10.8. The molecule has 180 valence electrons. The Morgan fingerprint density at radius 2 is 1.89 bits per heavy atom. The zero-order valence-electron chi connectivity index (χ0n) is 18.3. The molecule has 0 radical (unpaired) electrons. The number of halogens is 3. The molecule has 1 aliphatic rings.